The first-order valence-electron chi connectivity index (χ1n) is 13.3. The number of aliphatic hydroxyl groups is 1. The van der Waals surface area contributed by atoms with Gasteiger partial charge >= 0.3 is 0 Å². The molecular weight excluding hydrogens is 518 g/mol. The molecule has 13 heteroatoms. The summed E-state index contributed by atoms with van der Waals surface area (Å²) >= 11 is 0. The van der Waals surface area contributed by atoms with E-state index in [4.69, 9.17) is 5.10 Å². The Morgan fingerprint density at radius 2 is 1.95 bits per heavy atom. The molecule has 0 aromatic carbocycles. The smallest absolute Gasteiger partial charge is 0.256 e. The summed E-state index contributed by atoms with van der Waals surface area (Å²) in [7, 11) is -3.46. The van der Waals surface area contributed by atoms with E-state index in [1.54, 1.807) is 12.3 Å². The number of rotatable bonds is 9. The van der Waals surface area contributed by atoms with Gasteiger partial charge in [0.25, 0.3) is 10.0 Å². The van der Waals surface area contributed by atoms with E-state index in [1.165, 1.54) is 12.4 Å². The number of hydrogen-bond acceptors (Lipinski definition) is 10. The number of pyridine rings is 1. The molecule has 1 aliphatic carbocycles. The van der Waals surface area contributed by atoms with Crippen LogP contribution in [0.5, 0.6) is 0 Å². The van der Waals surface area contributed by atoms with Gasteiger partial charge in [-0.1, -0.05) is 6.92 Å². The first-order valence-corrected chi connectivity index (χ1v) is 14.8. The zero-order valence-electron chi connectivity index (χ0n) is 22.5. The van der Waals surface area contributed by atoms with Gasteiger partial charge in [0.15, 0.2) is 11.6 Å². The van der Waals surface area contributed by atoms with Crippen LogP contribution in [0.3, 0.4) is 0 Å². The maximum Gasteiger partial charge on any atom is 0.256 e. The Labute approximate surface area is 227 Å². The van der Waals surface area contributed by atoms with Gasteiger partial charge in [-0.2, -0.15) is 14.3 Å². The van der Waals surface area contributed by atoms with Crippen LogP contribution < -0.4 is 10.2 Å². The van der Waals surface area contributed by atoms with E-state index in [-0.39, 0.29) is 17.2 Å². The van der Waals surface area contributed by atoms with E-state index in [0.29, 0.717) is 35.9 Å². The van der Waals surface area contributed by atoms with Crippen LogP contribution in [-0.4, -0.2) is 71.4 Å². The van der Waals surface area contributed by atoms with Crippen molar-refractivity contribution in [3.8, 4) is 11.4 Å². The largest absolute Gasteiger partial charge is 0.390 e. The average Bonchev–Trinajstić information content (AvgIpc) is 3.50. The Balaban J connectivity index is 1.27. The predicted octanol–water partition coefficient (Wildman–Crippen LogP) is 3.35. The lowest BCUT2D eigenvalue weighted by Gasteiger charge is -2.45. The van der Waals surface area contributed by atoms with Crippen LogP contribution in [0.15, 0.2) is 36.9 Å². The molecule has 39 heavy (non-hydrogen) atoms. The SMILES string of the molecule is CC[C@H](C)n1nc(N2CC(C(C)(C)O)C2)c2cnc(Nc3ccnc(-c4cnn(S(=O)(=O)C5CC5)c4)n3)cc21. The van der Waals surface area contributed by atoms with E-state index in [1.807, 2.05) is 30.8 Å². The first kappa shape index (κ1) is 25.7. The second kappa shape index (κ2) is 9.26. The highest BCUT2D eigenvalue weighted by atomic mass is 32.2. The lowest BCUT2D eigenvalue weighted by Crippen LogP contribution is -2.56. The molecule has 206 valence electrons. The molecule has 2 fully saturated rings. The summed E-state index contributed by atoms with van der Waals surface area (Å²) in [5.41, 5.74) is 0.760. The molecule has 0 radical (unpaired) electrons. The average molecular weight is 552 g/mol. The molecule has 0 spiro atoms. The fourth-order valence-corrected chi connectivity index (χ4v) is 6.18. The van der Waals surface area contributed by atoms with Gasteiger partial charge in [0, 0.05) is 43.5 Å². The highest BCUT2D eigenvalue weighted by Crippen LogP contribution is 2.37. The topological polar surface area (TPSA) is 144 Å². The summed E-state index contributed by atoms with van der Waals surface area (Å²) in [5, 5.41) is 23.2. The van der Waals surface area contributed by atoms with Gasteiger partial charge in [-0.05, 0) is 46.1 Å². The van der Waals surface area contributed by atoms with Crippen LogP contribution >= 0.6 is 0 Å². The maximum atomic E-state index is 12.5. The molecule has 0 bridgehead atoms. The van der Waals surface area contributed by atoms with Gasteiger partial charge < -0.3 is 15.3 Å². The van der Waals surface area contributed by atoms with Crippen LogP contribution in [0.2, 0.25) is 0 Å². The third-order valence-electron chi connectivity index (χ3n) is 7.70. The number of fused-ring (bicyclic) bond motifs is 1. The quantitative estimate of drug-likeness (QED) is 0.318. The van der Waals surface area contributed by atoms with Gasteiger partial charge in [0.1, 0.15) is 11.6 Å². The fraction of sp³-hybridized carbons (Fsp3) is 0.500. The summed E-state index contributed by atoms with van der Waals surface area (Å²) in [6.45, 7) is 9.47. The first-order chi connectivity index (χ1) is 18.5. The Morgan fingerprint density at radius 3 is 2.64 bits per heavy atom. The van der Waals surface area contributed by atoms with E-state index < -0.39 is 15.6 Å². The van der Waals surface area contributed by atoms with Crippen molar-refractivity contribution in [3.05, 3.63) is 36.9 Å². The van der Waals surface area contributed by atoms with Crippen LogP contribution in [0, 0.1) is 5.92 Å². The van der Waals surface area contributed by atoms with Crippen molar-refractivity contribution >= 4 is 38.4 Å². The molecular formula is C26H33N9O3S. The van der Waals surface area contributed by atoms with Gasteiger partial charge in [0.05, 0.1) is 39.7 Å². The molecule has 5 heterocycles. The number of aromatic nitrogens is 7. The van der Waals surface area contributed by atoms with Crippen LogP contribution in [0.25, 0.3) is 22.3 Å². The summed E-state index contributed by atoms with van der Waals surface area (Å²) in [6.07, 6.45) is 8.62. The van der Waals surface area contributed by atoms with Crippen LogP contribution in [-0.2, 0) is 10.0 Å². The molecule has 12 nitrogen and oxygen atoms in total. The van der Waals surface area contributed by atoms with Crippen molar-refractivity contribution in [2.75, 3.05) is 23.3 Å². The lowest BCUT2D eigenvalue weighted by atomic mass is 9.84. The molecule has 1 aliphatic heterocycles. The second-order valence-electron chi connectivity index (χ2n) is 11.1. The third kappa shape index (κ3) is 4.73. The zero-order chi connectivity index (χ0) is 27.5. The molecule has 1 saturated heterocycles. The van der Waals surface area contributed by atoms with E-state index in [2.05, 4.69) is 44.1 Å². The maximum absolute atomic E-state index is 12.5. The minimum atomic E-state index is -3.46. The van der Waals surface area contributed by atoms with Crippen molar-refractivity contribution in [2.24, 2.45) is 5.92 Å². The minimum absolute atomic E-state index is 0.192. The van der Waals surface area contributed by atoms with Crippen molar-refractivity contribution in [2.45, 2.75) is 63.9 Å². The highest BCUT2D eigenvalue weighted by molar-refractivity contribution is 7.90. The third-order valence-corrected chi connectivity index (χ3v) is 9.73. The van der Waals surface area contributed by atoms with Crippen molar-refractivity contribution in [1.29, 1.82) is 0 Å². The normalized spacial score (nSPS) is 17.4. The van der Waals surface area contributed by atoms with Crippen molar-refractivity contribution in [1.82, 2.24) is 33.9 Å². The highest BCUT2D eigenvalue weighted by Gasteiger charge is 2.39. The van der Waals surface area contributed by atoms with Gasteiger partial charge in [-0.15, -0.1) is 0 Å². The molecule has 1 atom stereocenters. The molecule has 1 saturated carbocycles. The molecule has 6 rings (SSSR count). The fourth-order valence-electron chi connectivity index (χ4n) is 4.70. The number of hydrogen-bond donors (Lipinski definition) is 2. The Morgan fingerprint density at radius 1 is 1.18 bits per heavy atom. The molecule has 0 unspecified atom stereocenters. The van der Waals surface area contributed by atoms with Crippen LogP contribution in [0.1, 0.15) is 53.0 Å². The lowest BCUT2D eigenvalue weighted by molar-refractivity contribution is 0.00441. The Hall–Kier alpha value is -3.58. The van der Waals surface area contributed by atoms with Gasteiger partial charge in [-0.25, -0.2) is 23.4 Å². The monoisotopic (exact) mass is 551 g/mol. The van der Waals surface area contributed by atoms with Gasteiger partial charge in [-0.3, -0.25) is 4.68 Å². The molecule has 4 aromatic rings. The van der Waals surface area contributed by atoms with E-state index in [9.17, 15) is 13.5 Å². The summed E-state index contributed by atoms with van der Waals surface area (Å²) in [6, 6.07) is 3.89. The predicted molar refractivity (Wildman–Crippen MR) is 148 cm³/mol. The Bertz CT molecular complexity index is 1630. The summed E-state index contributed by atoms with van der Waals surface area (Å²) in [5.74, 6) is 2.57. The van der Waals surface area contributed by atoms with Crippen molar-refractivity contribution < 1.29 is 13.5 Å². The number of nitrogens with zero attached hydrogens (tertiary/aromatic N) is 8. The summed E-state index contributed by atoms with van der Waals surface area (Å²) < 4.78 is 28.1. The second-order valence-corrected chi connectivity index (χ2v) is 13.2. The van der Waals surface area contributed by atoms with Gasteiger partial charge in [0.2, 0.25) is 0 Å². The standard InChI is InChI=1S/C26H33N9O3S/c1-5-16(2)35-21-10-23(28-12-20(21)25(32-35)33-14-18(15-33)26(3,4)36)30-22-8-9-27-24(31-22)17-11-29-34(13-17)39(37,38)19-6-7-19/h8-13,16,18-19,36H,5-7,14-15H2,1-4H3,(H,27,28,30,31)/t16-/m0/s1. The summed E-state index contributed by atoms with van der Waals surface area (Å²) in [4.78, 5) is 15.7. The zero-order valence-corrected chi connectivity index (χ0v) is 23.3. The Kier molecular flexibility index (Phi) is 6.10. The molecule has 2 aliphatic rings. The van der Waals surface area contributed by atoms with Crippen molar-refractivity contribution in [3.63, 3.8) is 0 Å². The number of nitrogens with one attached hydrogen (secondary N) is 1. The molecule has 4 aromatic heterocycles. The van der Waals surface area contributed by atoms with Crippen LogP contribution in [0.4, 0.5) is 17.5 Å². The van der Waals surface area contributed by atoms with E-state index in [0.717, 1.165) is 40.3 Å². The molecule has 2 N–H and O–H groups in total. The molecule has 0 amide bonds. The minimum Gasteiger partial charge on any atom is -0.390 e. The number of anilines is 3. The van der Waals surface area contributed by atoms with E-state index >= 15 is 0 Å².